The Labute approximate surface area is 156 Å². The number of amides is 1. The predicted molar refractivity (Wildman–Crippen MR) is 96.9 cm³/mol. The van der Waals surface area contributed by atoms with E-state index in [9.17, 15) is 9.18 Å². The van der Waals surface area contributed by atoms with Crippen molar-refractivity contribution in [1.82, 2.24) is 10.3 Å². The minimum Gasteiger partial charge on any atom is -0.488 e. The van der Waals surface area contributed by atoms with Gasteiger partial charge in [-0.15, -0.1) is 0 Å². The summed E-state index contributed by atoms with van der Waals surface area (Å²) in [5.74, 6) is 0.171. The highest BCUT2D eigenvalue weighted by Gasteiger charge is 2.41. The molecule has 26 heavy (non-hydrogen) atoms. The van der Waals surface area contributed by atoms with Gasteiger partial charge in [0, 0.05) is 11.1 Å². The zero-order valence-electron chi connectivity index (χ0n) is 15.0. The van der Waals surface area contributed by atoms with Crippen LogP contribution in [0.2, 0.25) is 5.15 Å². The van der Waals surface area contributed by atoms with Crippen LogP contribution in [-0.2, 0) is 10.3 Å². The largest absolute Gasteiger partial charge is 0.488 e. The Morgan fingerprint density at radius 2 is 2.00 bits per heavy atom. The molecule has 2 aromatic rings. The first-order valence-electron chi connectivity index (χ1n) is 8.18. The average molecular weight is 379 g/mol. The van der Waals surface area contributed by atoms with E-state index in [1.54, 1.807) is 39.0 Å². The monoisotopic (exact) mass is 378 g/mol. The number of aromatic nitrogens is 1. The van der Waals surface area contributed by atoms with Gasteiger partial charge < -0.3 is 14.8 Å². The molecule has 1 aliphatic rings. The van der Waals surface area contributed by atoms with Crippen LogP contribution in [0.4, 0.5) is 9.18 Å². The van der Waals surface area contributed by atoms with Gasteiger partial charge in [0.05, 0.1) is 0 Å². The fraction of sp³-hybridized carbons (Fsp3) is 0.368. The van der Waals surface area contributed by atoms with E-state index in [1.807, 2.05) is 6.92 Å². The van der Waals surface area contributed by atoms with E-state index in [0.717, 1.165) is 0 Å². The molecule has 1 aromatic carbocycles. The van der Waals surface area contributed by atoms with Crippen molar-refractivity contribution in [1.29, 1.82) is 0 Å². The summed E-state index contributed by atoms with van der Waals surface area (Å²) in [6, 6.07) is 7.56. The zero-order valence-corrected chi connectivity index (χ0v) is 15.8. The molecule has 1 aliphatic heterocycles. The Balaban J connectivity index is 1.98. The van der Waals surface area contributed by atoms with Crippen molar-refractivity contribution >= 4 is 17.7 Å². The van der Waals surface area contributed by atoms with Crippen molar-refractivity contribution in [2.24, 2.45) is 0 Å². The summed E-state index contributed by atoms with van der Waals surface area (Å²) in [6.45, 7) is 7.41. The van der Waals surface area contributed by atoms with Crippen LogP contribution in [0.1, 0.15) is 33.3 Å². The molecule has 0 saturated carbocycles. The first-order chi connectivity index (χ1) is 12.1. The number of pyridine rings is 1. The fourth-order valence-corrected chi connectivity index (χ4v) is 2.98. The molecule has 1 unspecified atom stereocenters. The van der Waals surface area contributed by atoms with Crippen LogP contribution in [0.5, 0.6) is 5.75 Å². The Morgan fingerprint density at radius 3 is 2.62 bits per heavy atom. The van der Waals surface area contributed by atoms with Gasteiger partial charge in [0.15, 0.2) is 5.75 Å². The number of halogens is 2. The molecule has 5 nitrogen and oxygen atoms in total. The average Bonchev–Trinajstić information content (AvgIpc) is 2.82. The van der Waals surface area contributed by atoms with E-state index in [0.29, 0.717) is 22.6 Å². The molecular formula is C19H20ClFN2O3. The first kappa shape index (κ1) is 18.5. The number of hydrogen-bond acceptors (Lipinski definition) is 4. The van der Waals surface area contributed by atoms with Crippen molar-refractivity contribution in [3.63, 3.8) is 0 Å². The predicted octanol–water partition coefficient (Wildman–Crippen LogP) is 4.67. The zero-order chi connectivity index (χ0) is 19.1. The molecule has 0 radical (unpaired) electrons. The van der Waals surface area contributed by atoms with Crippen molar-refractivity contribution < 1.29 is 18.7 Å². The van der Waals surface area contributed by atoms with E-state index in [4.69, 9.17) is 21.1 Å². The quantitative estimate of drug-likeness (QED) is 0.771. The summed E-state index contributed by atoms with van der Waals surface area (Å²) in [7, 11) is 0. The molecule has 138 valence electrons. The van der Waals surface area contributed by atoms with Crippen molar-refractivity contribution in [2.75, 3.05) is 6.61 Å². The van der Waals surface area contributed by atoms with E-state index >= 15 is 0 Å². The number of fused-ring (bicyclic) bond motifs is 1. The summed E-state index contributed by atoms with van der Waals surface area (Å²) in [4.78, 5) is 16.6. The topological polar surface area (TPSA) is 60.5 Å². The highest BCUT2D eigenvalue weighted by molar-refractivity contribution is 6.29. The Hall–Kier alpha value is -2.34. The van der Waals surface area contributed by atoms with Gasteiger partial charge in [0.2, 0.25) is 0 Å². The second-order valence-electron chi connectivity index (χ2n) is 7.42. The lowest BCUT2D eigenvalue weighted by molar-refractivity contribution is 0.0447. The molecule has 3 rings (SSSR count). The molecule has 1 atom stereocenters. The highest BCUT2D eigenvalue weighted by atomic mass is 35.5. The van der Waals surface area contributed by atoms with Crippen LogP contribution >= 0.6 is 11.6 Å². The van der Waals surface area contributed by atoms with Crippen LogP contribution in [0.15, 0.2) is 30.3 Å². The van der Waals surface area contributed by atoms with Crippen molar-refractivity contribution in [3.8, 4) is 17.0 Å². The minimum absolute atomic E-state index is 0.206. The van der Waals surface area contributed by atoms with Gasteiger partial charge in [0.1, 0.15) is 34.4 Å². The van der Waals surface area contributed by atoms with Crippen LogP contribution in [0, 0.1) is 5.82 Å². The number of carbonyl (C=O) groups excluding carboxylic acids is 1. The Kier molecular flexibility index (Phi) is 4.56. The Bertz CT molecular complexity index is 849. The number of benzene rings is 1. The van der Waals surface area contributed by atoms with Gasteiger partial charge in [-0.2, -0.15) is 0 Å². The number of carbonyl (C=O) groups is 1. The number of hydrogen-bond donors (Lipinski definition) is 1. The van der Waals surface area contributed by atoms with Crippen molar-refractivity contribution in [3.05, 3.63) is 46.9 Å². The third-order valence-electron chi connectivity index (χ3n) is 3.94. The minimum atomic E-state index is -0.820. The fourth-order valence-electron chi connectivity index (χ4n) is 2.79. The summed E-state index contributed by atoms with van der Waals surface area (Å²) in [6.07, 6.45) is -0.548. The normalized spacial score (nSPS) is 18.8. The summed E-state index contributed by atoms with van der Waals surface area (Å²) >= 11 is 6.20. The maximum absolute atomic E-state index is 13.2. The van der Waals surface area contributed by atoms with Gasteiger partial charge >= 0.3 is 6.09 Å². The van der Waals surface area contributed by atoms with Crippen LogP contribution in [-0.4, -0.2) is 23.3 Å². The lowest BCUT2D eigenvalue weighted by Crippen LogP contribution is -2.46. The molecule has 0 fully saturated rings. The lowest BCUT2D eigenvalue weighted by atomic mass is 9.94. The van der Waals surface area contributed by atoms with E-state index in [1.165, 1.54) is 12.1 Å². The van der Waals surface area contributed by atoms with Gasteiger partial charge in [-0.1, -0.05) is 11.6 Å². The highest BCUT2D eigenvalue weighted by Crippen LogP contribution is 2.44. The molecule has 0 spiro atoms. The first-order valence-corrected chi connectivity index (χ1v) is 8.56. The molecule has 7 heteroatoms. The number of alkyl carbamates (subject to hydrolysis) is 1. The number of nitrogens with one attached hydrogen (secondary N) is 1. The molecule has 1 aromatic heterocycles. The lowest BCUT2D eigenvalue weighted by Gasteiger charge is -2.27. The van der Waals surface area contributed by atoms with Gasteiger partial charge in [0.25, 0.3) is 0 Å². The number of nitrogens with zero attached hydrogens (tertiary/aromatic N) is 1. The summed E-state index contributed by atoms with van der Waals surface area (Å²) < 4.78 is 24.4. The maximum Gasteiger partial charge on any atom is 0.408 e. The van der Waals surface area contributed by atoms with Crippen molar-refractivity contribution in [2.45, 2.75) is 38.8 Å². The SMILES string of the molecule is CC(C)(C)OC(=O)NC1(C)COc2c1cc(Cl)nc2-c1ccc(F)cc1. The smallest absolute Gasteiger partial charge is 0.408 e. The van der Waals surface area contributed by atoms with Gasteiger partial charge in [-0.25, -0.2) is 14.2 Å². The molecule has 2 heterocycles. The third-order valence-corrected chi connectivity index (χ3v) is 4.13. The van der Waals surface area contributed by atoms with Crippen LogP contribution in [0.25, 0.3) is 11.3 Å². The molecule has 1 amide bonds. The van der Waals surface area contributed by atoms with Crippen LogP contribution in [0.3, 0.4) is 0 Å². The number of ether oxygens (including phenoxy) is 2. The molecular weight excluding hydrogens is 359 g/mol. The van der Waals surface area contributed by atoms with E-state index < -0.39 is 17.2 Å². The van der Waals surface area contributed by atoms with Gasteiger partial charge in [-0.05, 0) is 58.0 Å². The second kappa shape index (κ2) is 6.43. The molecule has 0 aliphatic carbocycles. The molecule has 1 N–H and O–H groups in total. The van der Waals surface area contributed by atoms with E-state index in [-0.39, 0.29) is 17.6 Å². The number of rotatable bonds is 2. The Morgan fingerprint density at radius 1 is 1.35 bits per heavy atom. The summed E-state index contributed by atoms with van der Waals surface area (Å²) in [5, 5.41) is 3.11. The van der Waals surface area contributed by atoms with Crippen LogP contribution < -0.4 is 10.1 Å². The second-order valence-corrected chi connectivity index (χ2v) is 7.81. The molecule has 0 bridgehead atoms. The maximum atomic E-state index is 13.2. The van der Waals surface area contributed by atoms with E-state index in [2.05, 4.69) is 10.3 Å². The molecule has 0 saturated heterocycles. The third kappa shape index (κ3) is 3.75. The summed E-state index contributed by atoms with van der Waals surface area (Å²) in [5.41, 5.74) is 0.438. The van der Waals surface area contributed by atoms with Gasteiger partial charge in [-0.3, -0.25) is 0 Å². The standard InChI is InChI=1S/C19H20ClFN2O3/c1-18(2,3)26-17(24)23-19(4)10-25-16-13(19)9-14(20)22-15(16)11-5-7-12(21)8-6-11/h5-9H,10H2,1-4H3,(H,23,24).